The number of hydrogen-bond donors (Lipinski definition) is 2. The number of thioether (sulfide) groups is 1. The van der Waals surface area contributed by atoms with Crippen LogP contribution in [0.15, 0.2) is 64.5 Å². The van der Waals surface area contributed by atoms with E-state index in [1.807, 2.05) is 42.5 Å². The molecule has 0 bridgehead atoms. The monoisotopic (exact) mass is 426 g/mol. The summed E-state index contributed by atoms with van der Waals surface area (Å²) in [4.78, 5) is 24.4. The zero-order chi connectivity index (χ0) is 21.3. The fraction of sp³-hybridized carbons (Fsp3) is 0.318. The van der Waals surface area contributed by atoms with Crippen LogP contribution < -0.4 is 15.7 Å². The van der Waals surface area contributed by atoms with E-state index >= 15 is 0 Å². The van der Waals surface area contributed by atoms with Gasteiger partial charge >= 0.3 is 5.69 Å². The summed E-state index contributed by atoms with van der Waals surface area (Å²) < 4.78 is 7.35. The second-order valence-electron chi connectivity index (χ2n) is 6.86. The molecule has 0 radical (unpaired) electrons. The Morgan fingerprint density at radius 3 is 2.63 bits per heavy atom. The third-order valence-electron chi connectivity index (χ3n) is 4.48. The number of carbonyl (C=O) groups excluding carboxylic acids is 1. The van der Waals surface area contributed by atoms with E-state index in [-0.39, 0.29) is 11.6 Å². The number of rotatable bonds is 10. The topological polar surface area (TPSA) is 89.0 Å². The highest BCUT2D eigenvalue weighted by molar-refractivity contribution is 8.00. The molecule has 2 aromatic carbocycles. The van der Waals surface area contributed by atoms with Crippen LogP contribution in [0.2, 0.25) is 0 Å². The van der Waals surface area contributed by atoms with Crippen molar-refractivity contribution >= 4 is 23.4 Å². The number of nitrogens with zero attached hydrogens (tertiary/aromatic N) is 2. The highest BCUT2D eigenvalue weighted by atomic mass is 32.2. The van der Waals surface area contributed by atoms with E-state index in [4.69, 9.17) is 4.74 Å². The summed E-state index contributed by atoms with van der Waals surface area (Å²) in [5.74, 6) is 0.575. The molecule has 8 heteroatoms. The van der Waals surface area contributed by atoms with Crippen molar-refractivity contribution in [3.63, 3.8) is 0 Å². The Bertz CT molecular complexity index is 999. The van der Waals surface area contributed by atoms with Crippen LogP contribution in [-0.2, 0) is 17.9 Å². The number of benzene rings is 2. The van der Waals surface area contributed by atoms with Crippen LogP contribution in [0, 0.1) is 0 Å². The molecule has 0 saturated heterocycles. The van der Waals surface area contributed by atoms with Crippen LogP contribution in [0.4, 0.5) is 5.69 Å². The predicted octanol–water partition coefficient (Wildman–Crippen LogP) is 4.07. The number of H-pyrrole nitrogens is 1. The van der Waals surface area contributed by atoms with Gasteiger partial charge in [-0.05, 0) is 43.2 Å². The molecule has 3 rings (SSSR count). The maximum absolute atomic E-state index is 12.6. The third kappa shape index (κ3) is 6.00. The van der Waals surface area contributed by atoms with Gasteiger partial charge in [0.1, 0.15) is 12.4 Å². The molecule has 158 valence electrons. The number of unbranched alkanes of at least 4 members (excludes halogenated alkanes) is 1. The van der Waals surface area contributed by atoms with Gasteiger partial charge in [0.2, 0.25) is 5.91 Å². The lowest BCUT2D eigenvalue weighted by Gasteiger charge is -2.13. The van der Waals surface area contributed by atoms with Gasteiger partial charge in [-0.3, -0.25) is 9.36 Å². The second-order valence-corrected chi connectivity index (χ2v) is 8.17. The van der Waals surface area contributed by atoms with Crippen molar-refractivity contribution in [2.45, 2.75) is 50.2 Å². The Balaban J connectivity index is 1.53. The first kappa shape index (κ1) is 21.7. The van der Waals surface area contributed by atoms with Gasteiger partial charge in [0.15, 0.2) is 5.16 Å². The van der Waals surface area contributed by atoms with Crippen molar-refractivity contribution in [1.29, 1.82) is 0 Å². The molecular formula is C22H26N4O3S. The molecule has 1 atom stereocenters. The molecule has 3 aromatic rings. The molecule has 0 saturated carbocycles. The summed E-state index contributed by atoms with van der Waals surface area (Å²) in [5.41, 5.74) is 1.53. The standard InChI is InChI=1S/C22H26N4O3S/c1-3-4-14-26-21(28)24-25-22(26)30-16(2)20(27)23-18-10-12-19(13-11-18)29-15-17-8-6-5-7-9-17/h5-13,16H,3-4,14-15H2,1-2H3,(H,23,27)(H,24,28). The number of aromatic amines is 1. The van der Waals surface area contributed by atoms with Gasteiger partial charge in [-0.15, -0.1) is 5.10 Å². The largest absolute Gasteiger partial charge is 0.489 e. The van der Waals surface area contributed by atoms with Crippen molar-refractivity contribution < 1.29 is 9.53 Å². The lowest BCUT2D eigenvalue weighted by Crippen LogP contribution is -2.24. The van der Waals surface area contributed by atoms with Gasteiger partial charge in [0.25, 0.3) is 0 Å². The van der Waals surface area contributed by atoms with E-state index in [2.05, 4.69) is 22.4 Å². The lowest BCUT2D eigenvalue weighted by atomic mass is 10.2. The van der Waals surface area contributed by atoms with Crippen LogP contribution in [0.5, 0.6) is 5.75 Å². The summed E-state index contributed by atoms with van der Waals surface area (Å²) in [6, 6.07) is 17.2. The lowest BCUT2D eigenvalue weighted by molar-refractivity contribution is -0.115. The summed E-state index contributed by atoms with van der Waals surface area (Å²) in [6.07, 6.45) is 1.86. The maximum Gasteiger partial charge on any atom is 0.343 e. The first-order valence-electron chi connectivity index (χ1n) is 9.96. The van der Waals surface area contributed by atoms with Crippen LogP contribution >= 0.6 is 11.8 Å². The fourth-order valence-electron chi connectivity index (χ4n) is 2.74. The molecule has 2 N–H and O–H groups in total. The first-order valence-corrected chi connectivity index (χ1v) is 10.8. The van der Waals surface area contributed by atoms with E-state index in [9.17, 15) is 9.59 Å². The Labute approximate surface area is 179 Å². The van der Waals surface area contributed by atoms with Crippen LogP contribution in [0.3, 0.4) is 0 Å². The Hall–Kier alpha value is -3.00. The van der Waals surface area contributed by atoms with Gasteiger partial charge in [-0.2, -0.15) is 0 Å². The molecule has 1 aromatic heterocycles. The van der Waals surface area contributed by atoms with Crippen LogP contribution in [0.25, 0.3) is 0 Å². The third-order valence-corrected chi connectivity index (χ3v) is 5.57. The molecule has 30 heavy (non-hydrogen) atoms. The molecular weight excluding hydrogens is 400 g/mol. The fourth-order valence-corrected chi connectivity index (χ4v) is 3.62. The van der Waals surface area contributed by atoms with Crippen molar-refractivity contribution in [3.05, 3.63) is 70.6 Å². The van der Waals surface area contributed by atoms with Crippen molar-refractivity contribution in [2.24, 2.45) is 0 Å². The molecule has 7 nitrogen and oxygen atoms in total. The second kappa shape index (κ2) is 10.7. The average molecular weight is 427 g/mol. The number of aromatic nitrogens is 3. The maximum atomic E-state index is 12.6. The number of carbonyl (C=O) groups is 1. The van der Waals surface area contributed by atoms with Gasteiger partial charge in [0.05, 0.1) is 5.25 Å². The van der Waals surface area contributed by atoms with Gasteiger partial charge in [-0.1, -0.05) is 55.4 Å². The Morgan fingerprint density at radius 2 is 1.93 bits per heavy atom. The molecule has 0 aliphatic rings. The highest BCUT2D eigenvalue weighted by Crippen LogP contribution is 2.23. The molecule has 1 amide bonds. The van der Waals surface area contributed by atoms with Gasteiger partial charge in [0, 0.05) is 12.2 Å². The minimum atomic E-state index is -0.408. The van der Waals surface area contributed by atoms with Gasteiger partial charge in [-0.25, -0.2) is 9.89 Å². The normalized spacial score (nSPS) is 11.8. The predicted molar refractivity (Wildman–Crippen MR) is 119 cm³/mol. The smallest absolute Gasteiger partial charge is 0.343 e. The zero-order valence-electron chi connectivity index (χ0n) is 17.1. The highest BCUT2D eigenvalue weighted by Gasteiger charge is 2.19. The van der Waals surface area contributed by atoms with Crippen LogP contribution in [0.1, 0.15) is 32.3 Å². The molecule has 0 fully saturated rings. The molecule has 0 spiro atoms. The minimum absolute atomic E-state index is 0.157. The van der Waals surface area contributed by atoms with Crippen molar-refractivity contribution in [3.8, 4) is 5.75 Å². The van der Waals surface area contributed by atoms with E-state index in [0.717, 1.165) is 24.2 Å². The number of anilines is 1. The van der Waals surface area contributed by atoms with Crippen molar-refractivity contribution in [2.75, 3.05) is 5.32 Å². The molecule has 1 heterocycles. The summed E-state index contributed by atoms with van der Waals surface area (Å²) in [7, 11) is 0. The summed E-state index contributed by atoms with van der Waals surface area (Å²) in [6.45, 7) is 4.93. The number of ether oxygens (including phenoxy) is 1. The summed E-state index contributed by atoms with van der Waals surface area (Å²) in [5, 5.41) is 9.52. The summed E-state index contributed by atoms with van der Waals surface area (Å²) >= 11 is 1.26. The van der Waals surface area contributed by atoms with E-state index in [0.29, 0.717) is 24.0 Å². The SMILES string of the molecule is CCCCn1c(SC(C)C(=O)Nc2ccc(OCc3ccccc3)cc2)n[nH]c1=O. The number of amides is 1. The number of hydrogen-bond acceptors (Lipinski definition) is 5. The number of nitrogens with one attached hydrogen (secondary N) is 2. The Morgan fingerprint density at radius 1 is 1.20 bits per heavy atom. The molecule has 0 aliphatic carbocycles. The van der Waals surface area contributed by atoms with E-state index < -0.39 is 5.25 Å². The average Bonchev–Trinajstić information content (AvgIpc) is 3.11. The van der Waals surface area contributed by atoms with Crippen LogP contribution in [-0.4, -0.2) is 25.9 Å². The zero-order valence-corrected chi connectivity index (χ0v) is 17.9. The minimum Gasteiger partial charge on any atom is -0.489 e. The van der Waals surface area contributed by atoms with E-state index in [1.54, 1.807) is 23.6 Å². The first-order chi connectivity index (χ1) is 14.6. The quantitative estimate of drug-likeness (QED) is 0.477. The van der Waals surface area contributed by atoms with Gasteiger partial charge < -0.3 is 10.1 Å². The Kier molecular flexibility index (Phi) is 7.73. The molecule has 1 unspecified atom stereocenters. The molecule has 0 aliphatic heterocycles. The van der Waals surface area contributed by atoms with Crippen molar-refractivity contribution in [1.82, 2.24) is 14.8 Å². The van der Waals surface area contributed by atoms with E-state index in [1.165, 1.54) is 11.8 Å².